The van der Waals surface area contributed by atoms with E-state index in [1.165, 1.54) is 12.0 Å². The van der Waals surface area contributed by atoms with E-state index in [2.05, 4.69) is 11.4 Å². The summed E-state index contributed by atoms with van der Waals surface area (Å²) in [6, 6.07) is 6.09. The lowest BCUT2D eigenvalue weighted by molar-refractivity contribution is 0.390. The van der Waals surface area contributed by atoms with Crippen LogP contribution in [0.1, 0.15) is 17.9 Å². The van der Waals surface area contributed by atoms with Crippen LogP contribution in [-0.4, -0.2) is 27.8 Å². The molecule has 0 heterocycles. The van der Waals surface area contributed by atoms with Gasteiger partial charge in [0.25, 0.3) is 0 Å². The fraction of sp³-hybridized carbons (Fsp3) is 0.538. The molecule has 0 aromatic heterocycles. The molecule has 88 valence electrons. The number of hydrogen-bond donors (Lipinski definition) is 1. The smallest absolute Gasteiger partial charge is 0.126 e. The Bertz CT molecular complexity index is 365. The lowest BCUT2D eigenvalue weighted by atomic mass is 10.1. The second-order valence-corrected chi connectivity index (χ2v) is 4.27. The molecule has 2 rings (SSSR count). The fourth-order valence-corrected chi connectivity index (χ4v) is 2.24. The molecular weight excluding hydrogens is 202 g/mol. The van der Waals surface area contributed by atoms with Crippen LogP contribution in [0.25, 0.3) is 0 Å². The van der Waals surface area contributed by atoms with Gasteiger partial charge in [-0.1, -0.05) is 6.07 Å². The highest BCUT2D eigenvalue weighted by atomic mass is 16.5. The Labute approximate surface area is 96.8 Å². The molecule has 2 atom stereocenters. The van der Waals surface area contributed by atoms with Gasteiger partial charge in [-0.2, -0.15) is 0 Å². The van der Waals surface area contributed by atoms with Gasteiger partial charge in [0.1, 0.15) is 11.5 Å². The predicted octanol–water partition coefficient (Wildman–Crippen LogP) is 2.03. The number of methoxy groups -OCH3 is 2. The highest BCUT2D eigenvalue weighted by Crippen LogP contribution is 2.50. The molecular formula is C13H19NO2. The lowest BCUT2D eigenvalue weighted by Gasteiger charge is -2.10. The van der Waals surface area contributed by atoms with Crippen molar-refractivity contribution in [1.29, 1.82) is 0 Å². The average Bonchev–Trinajstić information content (AvgIpc) is 3.08. The zero-order chi connectivity index (χ0) is 11.5. The van der Waals surface area contributed by atoms with Crippen LogP contribution in [-0.2, 0) is 0 Å². The third kappa shape index (κ3) is 2.14. The standard InChI is InChI=1S/C13H19NO2/c1-14-8-9-6-12(9)11-5-4-10(15-2)7-13(11)16-3/h4-5,7,9,12,14H,6,8H2,1-3H3/t9-,12+/m1/s1. The number of hydrogen-bond acceptors (Lipinski definition) is 3. The molecule has 1 aliphatic rings. The Kier molecular flexibility index (Phi) is 3.34. The zero-order valence-electron chi connectivity index (χ0n) is 10.1. The molecule has 16 heavy (non-hydrogen) atoms. The van der Waals surface area contributed by atoms with E-state index in [4.69, 9.17) is 9.47 Å². The van der Waals surface area contributed by atoms with Crippen LogP contribution in [0.3, 0.4) is 0 Å². The molecule has 0 saturated heterocycles. The van der Waals surface area contributed by atoms with Crippen molar-refractivity contribution >= 4 is 0 Å². The SMILES string of the molecule is CNC[C@H]1C[C@@H]1c1ccc(OC)cc1OC. The minimum absolute atomic E-state index is 0.647. The number of benzene rings is 1. The van der Waals surface area contributed by atoms with Gasteiger partial charge in [0, 0.05) is 6.07 Å². The maximum atomic E-state index is 5.42. The van der Waals surface area contributed by atoms with Gasteiger partial charge < -0.3 is 14.8 Å². The fourth-order valence-electron chi connectivity index (χ4n) is 2.24. The van der Waals surface area contributed by atoms with Crippen molar-refractivity contribution in [1.82, 2.24) is 5.32 Å². The Hall–Kier alpha value is -1.22. The summed E-state index contributed by atoms with van der Waals surface area (Å²) in [5, 5.41) is 3.22. The van der Waals surface area contributed by atoms with Gasteiger partial charge in [-0.05, 0) is 43.5 Å². The van der Waals surface area contributed by atoms with Crippen LogP contribution in [0.5, 0.6) is 11.5 Å². The molecule has 0 aliphatic heterocycles. The molecule has 3 heteroatoms. The summed E-state index contributed by atoms with van der Waals surface area (Å²) in [6.45, 7) is 1.08. The quantitative estimate of drug-likeness (QED) is 0.825. The predicted molar refractivity (Wildman–Crippen MR) is 64.3 cm³/mol. The second kappa shape index (κ2) is 4.74. The summed E-state index contributed by atoms with van der Waals surface area (Å²) in [5.41, 5.74) is 1.31. The van der Waals surface area contributed by atoms with Crippen LogP contribution in [0.4, 0.5) is 0 Å². The highest BCUT2D eigenvalue weighted by molar-refractivity contribution is 5.45. The first-order valence-electron chi connectivity index (χ1n) is 5.66. The number of ether oxygens (including phenoxy) is 2. The number of nitrogens with one attached hydrogen (secondary N) is 1. The molecule has 1 aromatic rings. The molecule has 1 N–H and O–H groups in total. The zero-order valence-corrected chi connectivity index (χ0v) is 10.1. The van der Waals surface area contributed by atoms with E-state index in [9.17, 15) is 0 Å². The Balaban J connectivity index is 2.15. The van der Waals surface area contributed by atoms with Crippen molar-refractivity contribution in [3.63, 3.8) is 0 Å². The third-order valence-corrected chi connectivity index (χ3v) is 3.23. The lowest BCUT2D eigenvalue weighted by Crippen LogP contribution is -2.10. The van der Waals surface area contributed by atoms with Crippen molar-refractivity contribution in [3.8, 4) is 11.5 Å². The Morgan fingerprint density at radius 2 is 2.12 bits per heavy atom. The molecule has 0 amide bonds. The Morgan fingerprint density at radius 3 is 2.75 bits per heavy atom. The van der Waals surface area contributed by atoms with Crippen LogP contribution in [0.2, 0.25) is 0 Å². The summed E-state index contributed by atoms with van der Waals surface area (Å²) >= 11 is 0. The third-order valence-electron chi connectivity index (χ3n) is 3.23. The Morgan fingerprint density at radius 1 is 1.31 bits per heavy atom. The summed E-state index contributed by atoms with van der Waals surface area (Å²) in [6.07, 6.45) is 1.25. The largest absolute Gasteiger partial charge is 0.497 e. The summed E-state index contributed by atoms with van der Waals surface area (Å²) in [7, 11) is 5.39. The van der Waals surface area contributed by atoms with Gasteiger partial charge >= 0.3 is 0 Å². The van der Waals surface area contributed by atoms with Crippen LogP contribution in [0, 0.1) is 5.92 Å². The molecule has 1 fully saturated rings. The van der Waals surface area contributed by atoms with Gasteiger partial charge in [0.2, 0.25) is 0 Å². The first-order valence-corrected chi connectivity index (χ1v) is 5.66. The maximum Gasteiger partial charge on any atom is 0.126 e. The second-order valence-electron chi connectivity index (χ2n) is 4.27. The van der Waals surface area contributed by atoms with Gasteiger partial charge in [0.05, 0.1) is 14.2 Å². The molecule has 0 bridgehead atoms. The monoisotopic (exact) mass is 221 g/mol. The van der Waals surface area contributed by atoms with E-state index in [1.807, 2.05) is 19.2 Å². The molecule has 1 aromatic carbocycles. The minimum atomic E-state index is 0.647. The molecule has 0 spiro atoms. The van der Waals surface area contributed by atoms with Gasteiger partial charge in [-0.15, -0.1) is 0 Å². The van der Waals surface area contributed by atoms with Crippen molar-refractivity contribution in [2.75, 3.05) is 27.8 Å². The van der Waals surface area contributed by atoms with E-state index in [-0.39, 0.29) is 0 Å². The van der Waals surface area contributed by atoms with E-state index >= 15 is 0 Å². The molecule has 1 saturated carbocycles. The van der Waals surface area contributed by atoms with Crippen LogP contribution < -0.4 is 14.8 Å². The van der Waals surface area contributed by atoms with Gasteiger partial charge in [0.15, 0.2) is 0 Å². The molecule has 0 radical (unpaired) electrons. The molecule has 1 aliphatic carbocycles. The molecule has 3 nitrogen and oxygen atoms in total. The van der Waals surface area contributed by atoms with Crippen molar-refractivity contribution in [2.45, 2.75) is 12.3 Å². The van der Waals surface area contributed by atoms with Crippen molar-refractivity contribution in [3.05, 3.63) is 23.8 Å². The normalized spacial score (nSPS) is 22.9. The summed E-state index contributed by atoms with van der Waals surface area (Å²) in [4.78, 5) is 0. The van der Waals surface area contributed by atoms with Gasteiger partial charge in [-0.25, -0.2) is 0 Å². The van der Waals surface area contributed by atoms with Crippen molar-refractivity contribution < 1.29 is 9.47 Å². The molecule has 0 unspecified atom stereocenters. The van der Waals surface area contributed by atoms with Gasteiger partial charge in [-0.3, -0.25) is 0 Å². The minimum Gasteiger partial charge on any atom is -0.497 e. The first kappa shape index (κ1) is 11.3. The van der Waals surface area contributed by atoms with E-state index < -0.39 is 0 Å². The highest BCUT2D eigenvalue weighted by Gasteiger charge is 2.39. The van der Waals surface area contributed by atoms with E-state index in [0.29, 0.717) is 5.92 Å². The maximum absolute atomic E-state index is 5.42. The summed E-state index contributed by atoms with van der Waals surface area (Å²) < 4.78 is 10.6. The topological polar surface area (TPSA) is 30.5 Å². The first-order chi connectivity index (χ1) is 7.80. The van der Waals surface area contributed by atoms with E-state index in [1.54, 1.807) is 14.2 Å². The van der Waals surface area contributed by atoms with Crippen molar-refractivity contribution in [2.24, 2.45) is 5.92 Å². The summed E-state index contributed by atoms with van der Waals surface area (Å²) in [5.74, 6) is 3.20. The van der Waals surface area contributed by atoms with Crippen LogP contribution >= 0.6 is 0 Å². The van der Waals surface area contributed by atoms with Crippen LogP contribution in [0.15, 0.2) is 18.2 Å². The van der Waals surface area contributed by atoms with E-state index in [0.717, 1.165) is 24.0 Å². The number of rotatable bonds is 5. The average molecular weight is 221 g/mol.